The Bertz CT molecular complexity index is 249. The zero-order chi connectivity index (χ0) is 9.35. The molecule has 5 heteroatoms. The molecule has 0 amide bonds. The molecule has 67 valence electrons. The number of alkyl halides is 3. The molecule has 0 aromatic rings. The van der Waals surface area contributed by atoms with Crippen molar-refractivity contribution in [3.8, 4) is 0 Å². The SMILES string of the molecule is FC1=C(Br)[CH]CC(C(F)(F)F)=C1. The Hall–Kier alpha value is -0.320. The van der Waals surface area contributed by atoms with Crippen LogP contribution in [0.15, 0.2) is 22.0 Å². The molecule has 0 nitrogen and oxygen atoms in total. The van der Waals surface area contributed by atoms with Gasteiger partial charge in [0.2, 0.25) is 0 Å². The van der Waals surface area contributed by atoms with Crippen molar-refractivity contribution in [2.75, 3.05) is 0 Å². The summed E-state index contributed by atoms with van der Waals surface area (Å²) in [5.74, 6) is -0.881. The molecular formula is C7H4BrF4. The lowest BCUT2D eigenvalue weighted by Gasteiger charge is -2.14. The quantitative estimate of drug-likeness (QED) is 0.570. The van der Waals surface area contributed by atoms with Gasteiger partial charge in [0.15, 0.2) is 0 Å². The second-order valence-corrected chi connectivity index (χ2v) is 3.13. The molecule has 0 bridgehead atoms. The molecule has 0 unspecified atom stereocenters. The molecular weight excluding hydrogens is 240 g/mol. The van der Waals surface area contributed by atoms with E-state index in [9.17, 15) is 17.6 Å². The molecule has 0 saturated carbocycles. The summed E-state index contributed by atoms with van der Waals surface area (Å²) in [4.78, 5) is 0. The third-order valence-corrected chi connectivity index (χ3v) is 2.10. The maximum absolute atomic E-state index is 12.6. The molecule has 12 heavy (non-hydrogen) atoms. The molecule has 0 saturated heterocycles. The Kier molecular flexibility index (Phi) is 2.61. The molecule has 1 aliphatic rings. The summed E-state index contributed by atoms with van der Waals surface area (Å²) in [5, 5.41) is 0. The van der Waals surface area contributed by atoms with Gasteiger partial charge in [-0.25, -0.2) is 4.39 Å². The lowest BCUT2D eigenvalue weighted by molar-refractivity contribution is -0.0934. The third-order valence-electron chi connectivity index (χ3n) is 1.39. The molecule has 0 aromatic heterocycles. The van der Waals surface area contributed by atoms with Gasteiger partial charge in [-0.3, -0.25) is 0 Å². The Balaban J connectivity index is 2.91. The molecule has 1 rings (SSSR count). The van der Waals surface area contributed by atoms with Crippen molar-refractivity contribution < 1.29 is 17.6 Å². The summed E-state index contributed by atoms with van der Waals surface area (Å²) in [6, 6.07) is 0. The highest BCUT2D eigenvalue weighted by atomic mass is 79.9. The van der Waals surface area contributed by atoms with Crippen LogP contribution in [-0.2, 0) is 0 Å². The van der Waals surface area contributed by atoms with Crippen molar-refractivity contribution in [2.45, 2.75) is 12.6 Å². The second kappa shape index (κ2) is 3.20. The maximum Gasteiger partial charge on any atom is 0.412 e. The minimum Gasteiger partial charge on any atom is -0.206 e. The van der Waals surface area contributed by atoms with Crippen LogP contribution in [0, 0.1) is 6.42 Å². The molecule has 1 radical (unpaired) electrons. The van der Waals surface area contributed by atoms with Crippen LogP contribution in [0.25, 0.3) is 0 Å². The maximum atomic E-state index is 12.6. The van der Waals surface area contributed by atoms with Crippen molar-refractivity contribution >= 4 is 15.9 Å². The molecule has 1 aliphatic carbocycles. The summed E-state index contributed by atoms with van der Waals surface area (Å²) in [6.07, 6.45) is -3.05. The van der Waals surface area contributed by atoms with Gasteiger partial charge in [-0.15, -0.1) is 0 Å². The molecule has 0 aliphatic heterocycles. The summed E-state index contributed by atoms with van der Waals surface area (Å²) >= 11 is 2.78. The van der Waals surface area contributed by atoms with Crippen LogP contribution in [0.3, 0.4) is 0 Å². The van der Waals surface area contributed by atoms with Crippen LogP contribution in [0.1, 0.15) is 6.42 Å². The van der Waals surface area contributed by atoms with Crippen LogP contribution >= 0.6 is 15.9 Å². The topological polar surface area (TPSA) is 0 Å². The third kappa shape index (κ3) is 2.09. The summed E-state index contributed by atoms with van der Waals surface area (Å²) in [6.45, 7) is 0. The van der Waals surface area contributed by atoms with Gasteiger partial charge in [-0.1, -0.05) is 15.9 Å². The van der Waals surface area contributed by atoms with E-state index < -0.39 is 17.6 Å². The van der Waals surface area contributed by atoms with Gasteiger partial charge in [-0.05, 0) is 12.5 Å². The fourth-order valence-electron chi connectivity index (χ4n) is 0.775. The highest BCUT2D eigenvalue weighted by Gasteiger charge is 2.35. The summed E-state index contributed by atoms with van der Waals surface area (Å²) < 4.78 is 48.5. The predicted octanol–water partition coefficient (Wildman–Crippen LogP) is 3.66. The summed E-state index contributed by atoms with van der Waals surface area (Å²) in [7, 11) is 0. The van der Waals surface area contributed by atoms with Crippen LogP contribution in [0.2, 0.25) is 0 Å². The standard InChI is InChI=1S/C7H4BrF4/c8-5-2-1-4(3-6(5)9)7(10,11)12/h2-3H,1H2. The van der Waals surface area contributed by atoms with Crippen molar-refractivity contribution in [1.29, 1.82) is 0 Å². The lowest BCUT2D eigenvalue weighted by Crippen LogP contribution is -2.14. The Morgan fingerprint density at radius 1 is 1.33 bits per heavy atom. The number of allylic oxidation sites excluding steroid dienone is 4. The van der Waals surface area contributed by atoms with E-state index in [2.05, 4.69) is 15.9 Å². The average molecular weight is 244 g/mol. The largest absolute Gasteiger partial charge is 0.412 e. The summed E-state index contributed by atoms with van der Waals surface area (Å²) in [5.41, 5.74) is -0.858. The van der Waals surface area contributed by atoms with Crippen LogP contribution in [0.5, 0.6) is 0 Å². The van der Waals surface area contributed by atoms with E-state index in [-0.39, 0.29) is 10.9 Å². The fourth-order valence-corrected chi connectivity index (χ4v) is 1.05. The van der Waals surface area contributed by atoms with E-state index in [1.54, 1.807) is 0 Å². The van der Waals surface area contributed by atoms with Crippen molar-refractivity contribution in [3.05, 3.63) is 28.4 Å². The molecule has 0 aromatic carbocycles. The van der Waals surface area contributed by atoms with Crippen molar-refractivity contribution in [2.24, 2.45) is 0 Å². The molecule has 0 heterocycles. The first-order valence-corrected chi connectivity index (χ1v) is 3.87. The van der Waals surface area contributed by atoms with Gasteiger partial charge in [-0.2, -0.15) is 13.2 Å². The number of hydrogen-bond donors (Lipinski definition) is 0. The highest BCUT2D eigenvalue weighted by Crippen LogP contribution is 2.36. The average Bonchev–Trinajstić information content (AvgIpc) is 1.92. The molecule has 0 N–H and O–H groups in total. The van der Waals surface area contributed by atoms with Gasteiger partial charge in [0.05, 0.1) is 0 Å². The normalized spacial score (nSPS) is 19.6. The van der Waals surface area contributed by atoms with Crippen molar-refractivity contribution in [3.63, 3.8) is 0 Å². The van der Waals surface area contributed by atoms with E-state index in [4.69, 9.17) is 0 Å². The number of rotatable bonds is 0. The van der Waals surface area contributed by atoms with E-state index in [1.807, 2.05) is 0 Å². The van der Waals surface area contributed by atoms with Gasteiger partial charge in [0.1, 0.15) is 5.83 Å². The minimum absolute atomic E-state index is 0.0792. The van der Waals surface area contributed by atoms with E-state index in [0.717, 1.165) is 6.42 Å². The number of hydrogen-bond acceptors (Lipinski definition) is 0. The first-order valence-electron chi connectivity index (χ1n) is 3.07. The molecule has 0 spiro atoms. The monoisotopic (exact) mass is 243 g/mol. The van der Waals surface area contributed by atoms with Crippen LogP contribution in [-0.4, -0.2) is 6.18 Å². The fraction of sp³-hybridized carbons (Fsp3) is 0.286. The smallest absolute Gasteiger partial charge is 0.206 e. The highest BCUT2D eigenvalue weighted by molar-refractivity contribution is 9.11. The first kappa shape index (κ1) is 9.77. The van der Waals surface area contributed by atoms with Crippen molar-refractivity contribution in [1.82, 2.24) is 0 Å². The first-order chi connectivity index (χ1) is 5.41. The van der Waals surface area contributed by atoms with E-state index in [1.165, 1.54) is 0 Å². The minimum atomic E-state index is -4.43. The molecule has 0 fully saturated rings. The Morgan fingerprint density at radius 3 is 2.33 bits per heavy atom. The zero-order valence-electron chi connectivity index (χ0n) is 5.75. The molecule has 0 atom stereocenters. The van der Waals surface area contributed by atoms with Crippen LogP contribution < -0.4 is 0 Å². The van der Waals surface area contributed by atoms with Gasteiger partial charge < -0.3 is 0 Å². The van der Waals surface area contributed by atoms with Gasteiger partial charge in [0, 0.05) is 16.5 Å². The van der Waals surface area contributed by atoms with E-state index >= 15 is 0 Å². The Labute approximate surface area is 75.1 Å². The Morgan fingerprint density at radius 2 is 1.92 bits per heavy atom. The van der Waals surface area contributed by atoms with E-state index in [0.29, 0.717) is 6.08 Å². The van der Waals surface area contributed by atoms with Gasteiger partial charge >= 0.3 is 6.18 Å². The predicted molar refractivity (Wildman–Crippen MR) is 40.1 cm³/mol. The number of halogens is 5. The zero-order valence-corrected chi connectivity index (χ0v) is 7.34. The lowest BCUT2D eigenvalue weighted by atomic mass is 10.0. The van der Waals surface area contributed by atoms with Crippen LogP contribution in [0.4, 0.5) is 17.6 Å². The van der Waals surface area contributed by atoms with Gasteiger partial charge in [0.25, 0.3) is 0 Å². The second-order valence-electron chi connectivity index (χ2n) is 2.27.